The van der Waals surface area contributed by atoms with Gasteiger partial charge in [0.15, 0.2) is 0 Å². The fourth-order valence-corrected chi connectivity index (χ4v) is 4.89. The van der Waals surface area contributed by atoms with Gasteiger partial charge in [-0.2, -0.15) is 0 Å². The number of hydrogen-bond donors (Lipinski definition) is 4. The van der Waals surface area contributed by atoms with Gasteiger partial charge in [0.05, 0.1) is 12.7 Å². The third-order valence-corrected chi connectivity index (χ3v) is 7.14. The van der Waals surface area contributed by atoms with Crippen molar-refractivity contribution in [1.29, 1.82) is 0 Å². The van der Waals surface area contributed by atoms with Crippen molar-refractivity contribution in [3.8, 4) is 0 Å². The maximum atomic E-state index is 12.8. The van der Waals surface area contributed by atoms with Crippen LogP contribution in [-0.2, 0) is 18.4 Å². The number of hydrogen-bond acceptors (Lipinski definition) is 6. The van der Waals surface area contributed by atoms with Crippen molar-refractivity contribution in [2.75, 3.05) is 41.0 Å². The number of aliphatic hydroxyl groups is 1. The first-order valence-corrected chi connectivity index (χ1v) is 13.6. The molecule has 0 unspecified atom stereocenters. The second-order valence-corrected chi connectivity index (χ2v) is 10.2. The predicted molar refractivity (Wildman–Crippen MR) is 162 cm³/mol. The molecule has 0 radical (unpaired) electrons. The summed E-state index contributed by atoms with van der Waals surface area (Å²) in [6.45, 7) is 2.09. The smallest absolute Gasteiger partial charge is 0.272 e. The molecule has 1 aliphatic rings. The number of nitrogens with one attached hydrogen (secondary N) is 3. The van der Waals surface area contributed by atoms with E-state index in [1.165, 1.54) is 0 Å². The summed E-state index contributed by atoms with van der Waals surface area (Å²) >= 11 is 0. The molecular weight excluding hydrogens is 518 g/mol. The third-order valence-electron chi connectivity index (χ3n) is 7.14. The van der Waals surface area contributed by atoms with Gasteiger partial charge >= 0.3 is 0 Å². The number of aliphatic hydroxyl groups excluding tert-OH is 1. The molecule has 1 aromatic heterocycles. The van der Waals surface area contributed by atoms with E-state index in [1.807, 2.05) is 92.1 Å². The summed E-state index contributed by atoms with van der Waals surface area (Å²) in [6, 6.07) is 24.3. The lowest BCUT2D eigenvalue weighted by molar-refractivity contribution is 0.101. The molecule has 4 N–H and O–H groups in total. The average Bonchev–Trinajstić information content (AvgIpc) is 3.36. The highest BCUT2D eigenvalue weighted by Crippen LogP contribution is 2.23. The Morgan fingerprint density at radius 2 is 1.37 bits per heavy atom. The Bertz CT molecular complexity index is 1470. The Morgan fingerprint density at radius 3 is 1.93 bits per heavy atom. The molecule has 3 aromatic carbocycles. The van der Waals surface area contributed by atoms with Crippen LogP contribution >= 0.6 is 0 Å². The van der Waals surface area contributed by atoms with Crippen LogP contribution in [0.2, 0.25) is 0 Å². The van der Waals surface area contributed by atoms with Crippen LogP contribution in [0, 0.1) is 0 Å². The Balaban J connectivity index is 1.12. The summed E-state index contributed by atoms with van der Waals surface area (Å²) in [6.07, 6.45) is 3.20. The van der Waals surface area contributed by atoms with Crippen LogP contribution in [0.4, 0.5) is 28.4 Å². The number of ether oxygens (including phenoxy) is 1. The SMILES string of the molecule is COCc1cc(C(=O)Nc2ccc(Nc3ccc(NC(=O)c4ccc(N5CCC(O)CC5)cc4)cc3)cc2)n(C)c1. The number of aryl methyl sites for hydroxylation is 1. The van der Waals surface area contributed by atoms with Crippen LogP contribution < -0.4 is 20.9 Å². The van der Waals surface area contributed by atoms with Crippen molar-refractivity contribution in [3.63, 3.8) is 0 Å². The highest BCUT2D eigenvalue weighted by atomic mass is 16.5. The van der Waals surface area contributed by atoms with E-state index in [0.29, 0.717) is 29.2 Å². The second-order valence-electron chi connectivity index (χ2n) is 10.2. The molecule has 0 atom stereocenters. The minimum Gasteiger partial charge on any atom is -0.393 e. The zero-order chi connectivity index (χ0) is 28.8. The van der Waals surface area contributed by atoms with Gasteiger partial charge in [0.25, 0.3) is 11.8 Å². The molecule has 5 rings (SSSR count). The van der Waals surface area contributed by atoms with E-state index in [1.54, 1.807) is 11.7 Å². The summed E-state index contributed by atoms with van der Waals surface area (Å²) in [4.78, 5) is 27.7. The number of amides is 2. The molecule has 1 aliphatic heterocycles. The fraction of sp³-hybridized carbons (Fsp3) is 0.250. The third kappa shape index (κ3) is 7.13. The van der Waals surface area contributed by atoms with Crippen LogP contribution in [0.25, 0.3) is 0 Å². The summed E-state index contributed by atoms with van der Waals surface area (Å²) in [5, 5.41) is 18.9. The normalized spacial score (nSPS) is 13.6. The summed E-state index contributed by atoms with van der Waals surface area (Å²) in [5.41, 5.74) is 6.26. The highest BCUT2D eigenvalue weighted by Gasteiger charge is 2.17. The summed E-state index contributed by atoms with van der Waals surface area (Å²) in [5.74, 6) is -0.360. The zero-order valence-electron chi connectivity index (χ0n) is 23.3. The van der Waals surface area contributed by atoms with Crippen LogP contribution in [0.5, 0.6) is 0 Å². The quantitative estimate of drug-likeness (QED) is 0.222. The van der Waals surface area contributed by atoms with Crippen molar-refractivity contribution in [1.82, 2.24) is 4.57 Å². The number of rotatable bonds is 9. The van der Waals surface area contributed by atoms with E-state index in [9.17, 15) is 14.7 Å². The molecule has 1 saturated heterocycles. The van der Waals surface area contributed by atoms with E-state index in [2.05, 4.69) is 20.9 Å². The number of benzene rings is 3. The average molecular weight is 554 g/mol. The lowest BCUT2D eigenvalue weighted by Crippen LogP contribution is -2.35. The first-order chi connectivity index (χ1) is 19.9. The van der Waals surface area contributed by atoms with E-state index >= 15 is 0 Å². The number of piperidine rings is 1. The number of carbonyl (C=O) groups is 2. The molecule has 0 saturated carbocycles. The van der Waals surface area contributed by atoms with Gasteiger partial charge in [-0.1, -0.05) is 0 Å². The van der Waals surface area contributed by atoms with E-state index < -0.39 is 0 Å². The maximum absolute atomic E-state index is 12.8. The molecule has 2 amide bonds. The molecular formula is C32H35N5O4. The lowest BCUT2D eigenvalue weighted by Gasteiger charge is -2.31. The number of methoxy groups -OCH3 is 1. The van der Waals surface area contributed by atoms with E-state index in [-0.39, 0.29) is 17.9 Å². The predicted octanol–water partition coefficient (Wildman–Crippen LogP) is 5.38. The molecule has 9 heteroatoms. The molecule has 0 bridgehead atoms. The molecule has 9 nitrogen and oxygen atoms in total. The first-order valence-electron chi connectivity index (χ1n) is 13.6. The summed E-state index contributed by atoms with van der Waals surface area (Å²) in [7, 11) is 3.46. The van der Waals surface area contributed by atoms with Gasteiger partial charge in [-0.05, 0) is 97.3 Å². The standard InChI is InChI=1S/C32H35N5O4/c1-36-20-22(21-41-2)19-30(36)32(40)35-27-11-7-25(8-12-27)33-24-5-9-26(10-6-24)34-31(39)23-3-13-28(14-4-23)37-17-15-29(38)16-18-37/h3-14,19-20,29,33,38H,15-18,21H2,1-2H3,(H,34,39)(H,35,40). The van der Waals surface area contributed by atoms with Crippen molar-refractivity contribution < 1.29 is 19.4 Å². The molecule has 0 aliphatic carbocycles. The van der Waals surface area contributed by atoms with Gasteiger partial charge < -0.3 is 35.3 Å². The minimum absolute atomic E-state index is 0.172. The summed E-state index contributed by atoms with van der Waals surface area (Å²) < 4.78 is 6.93. The highest BCUT2D eigenvalue weighted by molar-refractivity contribution is 6.04. The van der Waals surface area contributed by atoms with Gasteiger partial charge in [-0.3, -0.25) is 9.59 Å². The van der Waals surface area contributed by atoms with Gasteiger partial charge in [0, 0.05) is 67.4 Å². The molecule has 0 spiro atoms. The number of nitrogens with zero attached hydrogens (tertiary/aromatic N) is 2. The van der Waals surface area contributed by atoms with Crippen molar-refractivity contribution in [3.05, 3.63) is 102 Å². The first kappa shape index (κ1) is 27.9. The molecule has 1 fully saturated rings. The van der Waals surface area contributed by atoms with Crippen LogP contribution in [0.1, 0.15) is 39.3 Å². The number of aromatic nitrogens is 1. The Morgan fingerprint density at radius 1 is 0.829 bits per heavy atom. The topological polar surface area (TPSA) is 108 Å². The molecule has 4 aromatic rings. The van der Waals surface area contributed by atoms with Crippen LogP contribution in [0.3, 0.4) is 0 Å². The monoisotopic (exact) mass is 553 g/mol. The Labute approximate surface area is 239 Å². The van der Waals surface area contributed by atoms with Gasteiger partial charge in [-0.15, -0.1) is 0 Å². The fourth-order valence-electron chi connectivity index (χ4n) is 4.89. The van der Waals surface area contributed by atoms with Crippen molar-refractivity contribution in [2.45, 2.75) is 25.6 Å². The van der Waals surface area contributed by atoms with Crippen molar-refractivity contribution >= 4 is 40.3 Å². The zero-order valence-corrected chi connectivity index (χ0v) is 23.3. The maximum Gasteiger partial charge on any atom is 0.272 e. The van der Waals surface area contributed by atoms with Gasteiger partial charge in [-0.25, -0.2) is 0 Å². The van der Waals surface area contributed by atoms with E-state index in [0.717, 1.165) is 48.6 Å². The van der Waals surface area contributed by atoms with Crippen molar-refractivity contribution in [2.24, 2.45) is 7.05 Å². The van der Waals surface area contributed by atoms with Crippen LogP contribution in [-0.4, -0.2) is 47.8 Å². The Kier molecular flexibility index (Phi) is 8.67. The molecule has 212 valence electrons. The molecule has 41 heavy (non-hydrogen) atoms. The lowest BCUT2D eigenvalue weighted by atomic mass is 10.1. The van der Waals surface area contributed by atoms with E-state index in [4.69, 9.17) is 4.74 Å². The minimum atomic E-state index is -0.214. The van der Waals surface area contributed by atoms with Gasteiger partial charge in [0.2, 0.25) is 0 Å². The Hall–Kier alpha value is -4.60. The largest absolute Gasteiger partial charge is 0.393 e. The van der Waals surface area contributed by atoms with Crippen LogP contribution in [0.15, 0.2) is 85.1 Å². The molecule has 2 heterocycles. The number of anilines is 5. The van der Waals surface area contributed by atoms with Gasteiger partial charge in [0.1, 0.15) is 5.69 Å². The second kappa shape index (κ2) is 12.7. The number of carbonyl (C=O) groups excluding carboxylic acids is 2.